The standard InChI is InChI=1S/C20H28F2N2O4S/c21-20(22)28-18-3-5-19(6-4-18)29(25,26)24-16-1-2-17(24)12-15(11-16)23-13-14-7-9-27-10-8-14/h3-6,14-17,20,23H,1-2,7-13H2/t15-,16-,17?/m0/s1. The lowest BCUT2D eigenvalue weighted by Crippen LogP contribution is -2.52. The number of sulfonamides is 1. The van der Waals surface area contributed by atoms with Crippen molar-refractivity contribution < 1.29 is 26.7 Å². The number of ether oxygens (including phenoxy) is 2. The molecular formula is C20H28F2N2O4S. The van der Waals surface area contributed by atoms with E-state index in [4.69, 9.17) is 4.74 Å². The Morgan fingerprint density at radius 3 is 2.28 bits per heavy atom. The van der Waals surface area contributed by atoms with E-state index in [2.05, 4.69) is 10.1 Å². The van der Waals surface area contributed by atoms with Crippen molar-refractivity contribution in [1.29, 1.82) is 0 Å². The van der Waals surface area contributed by atoms with Gasteiger partial charge in [-0.2, -0.15) is 13.1 Å². The van der Waals surface area contributed by atoms with Crippen molar-refractivity contribution in [1.82, 2.24) is 9.62 Å². The second kappa shape index (κ2) is 8.83. The Labute approximate surface area is 170 Å². The normalized spacial score (nSPS) is 28.7. The first-order chi connectivity index (χ1) is 13.9. The summed E-state index contributed by atoms with van der Waals surface area (Å²) in [4.78, 5) is 0.129. The van der Waals surface area contributed by atoms with E-state index in [9.17, 15) is 17.2 Å². The van der Waals surface area contributed by atoms with E-state index in [-0.39, 0.29) is 22.7 Å². The molecule has 3 saturated heterocycles. The summed E-state index contributed by atoms with van der Waals surface area (Å²) >= 11 is 0. The second-order valence-corrected chi connectivity index (χ2v) is 10.0. The fraction of sp³-hybridized carbons (Fsp3) is 0.700. The van der Waals surface area contributed by atoms with Crippen molar-refractivity contribution in [3.63, 3.8) is 0 Å². The molecule has 2 bridgehead atoms. The quantitative estimate of drug-likeness (QED) is 0.720. The summed E-state index contributed by atoms with van der Waals surface area (Å²) < 4.78 is 62.4. The van der Waals surface area contributed by atoms with Gasteiger partial charge >= 0.3 is 6.61 Å². The fourth-order valence-electron chi connectivity index (χ4n) is 4.89. The van der Waals surface area contributed by atoms with Crippen LogP contribution in [0.5, 0.6) is 5.75 Å². The molecule has 0 aliphatic carbocycles. The Balaban J connectivity index is 1.39. The molecule has 0 saturated carbocycles. The minimum atomic E-state index is -3.66. The molecular weight excluding hydrogens is 402 g/mol. The van der Waals surface area contributed by atoms with E-state index >= 15 is 0 Å². The third kappa shape index (κ3) is 4.73. The SMILES string of the molecule is O=S(=O)(c1ccc(OC(F)F)cc1)N1C2CC[C@H]1C[C@H](NCC1CCOCC1)C2. The number of hydrogen-bond acceptors (Lipinski definition) is 5. The number of hydrogen-bond donors (Lipinski definition) is 1. The molecule has 0 aromatic heterocycles. The van der Waals surface area contributed by atoms with Crippen LogP contribution in [0.3, 0.4) is 0 Å². The highest BCUT2D eigenvalue weighted by atomic mass is 32.2. The maximum absolute atomic E-state index is 13.2. The highest BCUT2D eigenvalue weighted by Crippen LogP contribution is 2.40. The summed E-state index contributed by atoms with van der Waals surface area (Å²) in [7, 11) is -3.66. The first-order valence-corrected chi connectivity index (χ1v) is 11.8. The van der Waals surface area contributed by atoms with Crippen LogP contribution in [0.2, 0.25) is 0 Å². The summed E-state index contributed by atoms with van der Waals surface area (Å²) in [6.45, 7) is -0.308. The van der Waals surface area contributed by atoms with Gasteiger partial charge in [0.2, 0.25) is 10.0 Å². The minimum Gasteiger partial charge on any atom is -0.435 e. The molecule has 1 aromatic rings. The molecule has 1 N–H and O–H groups in total. The molecule has 3 aliphatic heterocycles. The predicted molar refractivity (Wildman–Crippen MR) is 103 cm³/mol. The van der Waals surface area contributed by atoms with E-state index in [1.165, 1.54) is 24.3 Å². The lowest BCUT2D eigenvalue weighted by molar-refractivity contribution is -0.0498. The second-order valence-electron chi connectivity index (χ2n) is 8.20. The Morgan fingerprint density at radius 1 is 1.07 bits per heavy atom. The summed E-state index contributed by atoms with van der Waals surface area (Å²) in [6, 6.07) is 5.57. The lowest BCUT2D eigenvalue weighted by Gasteiger charge is -2.39. The Kier molecular flexibility index (Phi) is 6.38. The van der Waals surface area contributed by atoms with Crippen molar-refractivity contribution in [2.45, 2.75) is 68.2 Å². The average molecular weight is 431 g/mol. The third-order valence-corrected chi connectivity index (χ3v) is 8.35. The highest BCUT2D eigenvalue weighted by molar-refractivity contribution is 7.89. The Morgan fingerprint density at radius 2 is 1.69 bits per heavy atom. The van der Waals surface area contributed by atoms with Crippen molar-refractivity contribution in [3.05, 3.63) is 24.3 Å². The van der Waals surface area contributed by atoms with Gasteiger partial charge in [0.05, 0.1) is 4.90 Å². The Hall–Kier alpha value is -1.29. The monoisotopic (exact) mass is 430 g/mol. The zero-order chi connectivity index (χ0) is 20.4. The van der Waals surface area contributed by atoms with Gasteiger partial charge in [-0.15, -0.1) is 0 Å². The number of halogens is 2. The number of nitrogens with zero attached hydrogens (tertiary/aromatic N) is 1. The van der Waals surface area contributed by atoms with Gasteiger partial charge in [-0.25, -0.2) is 8.42 Å². The molecule has 3 fully saturated rings. The van der Waals surface area contributed by atoms with Gasteiger partial charge in [-0.1, -0.05) is 0 Å². The molecule has 0 amide bonds. The fourth-order valence-corrected chi connectivity index (χ4v) is 6.78. The van der Waals surface area contributed by atoms with E-state index in [1.807, 2.05) is 0 Å². The van der Waals surface area contributed by atoms with Crippen LogP contribution < -0.4 is 10.1 Å². The number of rotatable bonds is 7. The summed E-state index contributed by atoms with van der Waals surface area (Å²) in [5.74, 6) is 0.593. The van der Waals surface area contributed by atoms with E-state index in [1.54, 1.807) is 4.31 Å². The van der Waals surface area contributed by atoms with Crippen LogP contribution >= 0.6 is 0 Å². The maximum atomic E-state index is 13.2. The van der Waals surface area contributed by atoms with Crippen LogP contribution in [0.4, 0.5) is 8.78 Å². The van der Waals surface area contributed by atoms with Crippen LogP contribution in [0.15, 0.2) is 29.2 Å². The summed E-state index contributed by atoms with van der Waals surface area (Å²) in [5.41, 5.74) is 0. The van der Waals surface area contributed by atoms with E-state index in [0.717, 1.165) is 58.3 Å². The first-order valence-electron chi connectivity index (χ1n) is 10.3. The predicted octanol–water partition coefficient (Wildman–Crippen LogP) is 2.99. The van der Waals surface area contributed by atoms with Crippen molar-refractivity contribution in [2.75, 3.05) is 19.8 Å². The molecule has 1 aromatic carbocycles. The smallest absolute Gasteiger partial charge is 0.387 e. The minimum absolute atomic E-state index is 0.0112. The number of alkyl halides is 2. The maximum Gasteiger partial charge on any atom is 0.387 e. The van der Waals surface area contributed by atoms with Crippen molar-refractivity contribution >= 4 is 10.0 Å². The highest BCUT2D eigenvalue weighted by Gasteiger charge is 2.47. The molecule has 3 heterocycles. The molecule has 0 spiro atoms. The molecule has 3 aliphatic rings. The van der Waals surface area contributed by atoms with Gasteiger partial charge in [-0.3, -0.25) is 0 Å². The van der Waals surface area contributed by atoms with Gasteiger partial charge in [0.25, 0.3) is 0 Å². The molecule has 4 rings (SSSR count). The van der Waals surface area contributed by atoms with E-state index < -0.39 is 16.6 Å². The van der Waals surface area contributed by atoms with E-state index in [0.29, 0.717) is 12.0 Å². The van der Waals surface area contributed by atoms with Crippen LogP contribution in [0, 0.1) is 5.92 Å². The van der Waals surface area contributed by atoms with Crippen molar-refractivity contribution in [2.24, 2.45) is 5.92 Å². The average Bonchev–Trinajstić information content (AvgIpc) is 2.99. The van der Waals surface area contributed by atoms with Gasteiger partial charge in [0, 0.05) is 31.3 Å². The molecule has 9 heteroatoms. The van der Waals surface area contributed by atoms with Gasteiger partial charge in [0.15, 0.2) is 0 Å². The number of fused-ring (bicyclic) bond motifs is 2. The van der Waals surface area contributed by atoms with Gasteiger partial charge in [-0.05, 0) is 75.3 Å². The third-order valence-electron chi connectivity index (χ3n) is 6.33. The number of nitrogens with one attached hydrogen (secondary N) is 1. The molecule has 162 valence electrons. The van der Waals surface area contributed by atoms with Crippen LogP contribution in [0.25, 0.3) is 0 Å². The zero-order valence-electron chi connectivity index (χ0n) is 16.3. The molecule has 0 radical (unpaired) electrons. The molecule has 6 nitrogen and oxygen atoms in total. The van der Waals surface area contributed by atoms with Crippen molar-refractivity contribution in [3.8, 4) is 5.75 Å². The lowest BCUT2D eigenvalue weighted by atomic mass is 9.96. The number of benzene rings is 1. The van der Waals surface area contributed by atoms with Crippen LogP contribution in [-0.4, -0.2) is 57.2 Å². The molecule has 29 heavy (non-hydrogen) atoms. The topological polar surface area (TPSA) is 67.9 Å². The van der Waals surface area contributed by atoms with Crippen LogP contribution in [0.1, 0.15) is 38.5 Å². The largest absolute Gasteiger partial charge is 0.435 e. The van der Waals surface area contributed by atoms with Gasteiger partial charge in [0.1, 0.15) is 5.75 Å². The first kappa shape index (κ1) is 21.0. The van der Waals surface area contributed by atoms with Crippen LogP contribution in [-0.2, 0) is 14.8 Å². The molecule has 1 unspecified atom stereocenters. The molecule has 3 atom stereocenters. The Bertz CT molecular complexity index is 770. The number of piperidine rings is 1. The summed E-state index contributed by atoms with van der Waals surface area (Å²) in [5, 5.41) is 3.66. The van der Waals surface area contributed by atoms with Gasteiger partial charge < -0.3 is 14.8 Å². The summed E-state index contributed by atoms with van der Waals surface area (Å²) in [6.07, 6.45) is 5.52. The zero-order valence-corrected chi connectivity index (χ0v) is 17.1.